The molecule has 0 unspecified atom stereocenters. The number of aromatic nitrogens is 5. The van der Waals surface area contributed by atoms with E-state index in [4.69, 9.17) is 0 Å². The monoisotopic (exact) mass is 346 g/mol. The van der Waals surface area contributed by atoms with Crippen LogP contribution < -0.4 is 5.32 Å². The fraction of sp³-hybridized carbons (Fsp3) is 0.0526. The second kappa shape index (κ2) is 7.10. The summed E-state index contributed by atoms with van der Waals surface area (Å²) < 4.78 is 13.9. The SMILES string of the molecule is Fc1ccccc1-c1cnnc(NCc2cc(-c3ccccc3)n[nH]2)n1. The summed E-state index contributed by atoms with van der Waals surface area (Å²) in [6.45, 7) is 0.447. The van der Waals surface area contributed by atoms with Crippen molar-refractivity contribution in [3.63, 3.8) is 0 Å². The predicted octanol–water partition coefficient (Wildman–Crippen LogP) is 3.68. The zero-order chi connectivity index (χ0) is 17.8. The number of benzene rings is 2. The summed E-state index contributed by atoms with van der Waals surface area (Å²) in [7, 11) is 0. The number of nitrogens with zero attached hydrogens (tertiary/aromatic N) is 4. The Balaban J connectivity index is 1.48. The second-order valence-electron chi connectivity index (χ2n) is 5.64. The Morgan fingerprint density at radius 1 is 0.962 bits per heavy atom. The van der Waals surface area contributed by atoms with E-state index in [0.717, 1.165) is 17.0 Å². The lowest BCUT2D eigenvalue weighted by Gasteiger charge is -2.05. The standard InChI is InChI=1S/C19H15FN6/c20-16-9-5-4-8-15(16)18-12-22-26-19(23-18)21-11-14-10-17(25-24-14)13-6-2-1-3-7-13/h1-10,12H,11H2,(H,24,25)(H,21,23,26). The maximum absolute atomic E-state index is 13.9. The van der Waals surface area contributed by atoms with Crippen molar-refractivity contribution in [3.8, 4) is 22.5 Å². The molecule has 4 aromatic rings. The lowest BCUT2D eigenvalue weighted by Crippen LogP contribution is -2.05. The molecule has 0 atom stereocenters. The van der Waals surface area contributed by atoms with Crippen LogP contribution in [0.2, 0.25) is 0 Å². The van der Waals surface area contributed by atoms with E-state index in [-0.39, 0.29) is 5.82 Å². The summed E-state index contributed by atoms with van der Waals surface area (Å²) in [6.07, 6.45) is 1.44. The van der Waals surface area contributed by atoms with E-state index in [0.29, 0.717) is 23.8 Å². The van der Waals surface area contributed by atoms with Gasteiger partial charge < -0.3 is 5.32 Å². The first-order valence-corrected chi connectivity index (χ1v) is 8.08. The summed E-state index contributed by atoms with van der Waals surface area (Å²) in [5, 5.41) is 18.2. The number of anilines is 1. The molecule has 0 spiro atoms. The molecule has 6 nitrogen and oxygen atoms in total. The van der Waals surface area contributed by atoms with Crippen LogP contribution in [0, 0.1) is 5.82 Å². The van der Waals surface area contributed by atoms with Gasteiger partial charge in [0.05, 0.1) is 29.8 Å². The van der Waals surface area contributed by atoms with E-state index < -0.39 is 0 Å². The topological polar surface area (TPSA) is 79.4 Å². The molecule has 0 saturated carbocycles. The number of halogens is 1. The summed E-state index contributed by atoms with van der Waals surface area (Å²) in [5.41, 5.74) is 3.59. The van der Waals surface area contributed by atoms with Crippen molar-refractivity contribution in [1.29, 1.82) is 0 Å². The third-order valence-electron chi connectivity index (χ3n) is 3.85. The van der Waals surface area contributed by atoms with Crippen LogP contribution in [0.3, 0.4) is 0 Å². The van der Waals surface area contributed by atoms with E-state index in [1.165, 1.54) is 12.3 Å². The van der Waals surface area contributed by atoms with Gasteiger partial charge in [0.15, 0.2) is 0 Å². The second-order valence-corrected chi connectivity index (χ2v) is 5.64. The van der Waals surface area contributed by atoms with Crippen molar-refractivity contribution >= 4 is 5.95 Å². The minimum atomic E-state index is -0.347. The first-order chi connectivity index (χ1) is 12.8. The van der Waals surface area contributed by atoms with Gasteiger partial charge in [0.25, 0.3) is 0 Å². The number of rotatable bonds is 5. The van der Waals surface area contributed by atoms with Gasteiger partial charge in [-0.3, -0.25) is 5.10 Å². The highest BCUT2D eigenvalue weighted by Crippen LogP contribution is 2.20. The Morgan fingerprint density at radius 2 is 1.77 bits per heavy atom. The molecule has 128 valence electrons. The van der Waals surface area contributed by atoms with Crippen LogP contribution in [0.5, 0.6) is 0 Å². The van der Waals surface area contributed by atoms with Gasteiger partial charge in [-0.15, -0.1) is 5.10 Å². The highest BCUT2D eigenvalue weighted by molar-refractivity contribution is 5.60. The van der Waals surface area contributed by atoms with E-state index in [2.05, 4.69) is 30.7 Å². The Kier molecular flexibility index (Phi) is 4.34. The van der Waals surface area contributed by atoms with E-state index in [9.17, 15) is 4.39 Å². The third kappa shape index (κ3) is 3.41. The Morgan fingerprint density at radius 3 is 2.62 bits per heavy atom. The molecule has 2 heterocycles. The summed E-state index contributed by atoms with van der Waals surface area (Å²) >= 11 is 0. The fourth-order valence-corrected chi connectivity index (χ4v) is 2.56. The fourth-order valence-electron chi connectivity index (χ4n) is 2.56. The summed E-state index contributed by atoms with van der Waals surface area (Å²) in [4.78, 5) is 4.32. The number of hydrogen-bond donors (Lipinski definition) is 2. The van der Waals surface area contributed by atoms with E-state index in [1.807, 2.05) is 36.4 Å². The molecule has 0 saturated heterocycles. The maximum Gasteiger partial charge on any atom is 0.243 e. The Bertz CT molecular complexity index is 1020. The minimum Gasteiger partial charge on any atom is -0.347 e. The normalized spacial score (nSPS) is 10.7. The zero-order valence-corrected chi connectivity index (χ0v) is 13.7. The smallest absolute Gasteiger partial charge is 0.243 e. The van der Waals surface area contributed by atoms with Gasteiger partial charge >= 0.3 is 0 Å². The predicted molar refractivity (Wildman–Crippen MR) is 96.6 cm³/mol. The molecular formula is C19H15FN6. The van der Waals surface area contributed by atoms with Crippen LogP contribution >= 0.6 is 0 Å². The van der Waals surface area contributed by atoms with Crippen molar-refractivity contribution in [3.05, 3.63) is 78.4 Å². The summed E-state index contributed by atoms with van der Waals surface area (Å²) in [5.74, 6) is -0.0263. The van der Waals surface area contributed by atoms with Crippen molar-refractivity contribution in [2.45, 2.75) is 6.54 Å². The minimum absolute atomic E-state index is 0.321. The van der Waals surface area contributed by atoms with Crippen molar-refractivity contribution in [2.75, 3.05) is 5.32 Å². The molecule has 0 bridgehead atoms. The summed E-state index contributed by atoms with van der Waals surface area (Å²) in [6, 6.07) is 18.3. The van der Waals surface area contributed by atoms with Gasteiger partial charge in [-0.25, -0.2) is 9.37 Å². The molecule has 0 aliphatic carbocycles. The zero-order valence-electron chi connectivity index (χ0n) is 13.7. The molecule has 4 rings (SSSR count). The number of H-pyrrole nitrogens is 1. The first kappa shape index (κ1) is 15.9. The number of nitrogens with one attached hydrogen (secondary N) is 2. The van der Waals surface area contributed by atoms with Gasteiger partial charge in [-0.2, -0.15) is 10.2 Å². The van der Waals surface area contributed by atoms with E-state index >= 15 is 0 Å². The van der Waals surface area contributed by atoms with Crippen LogP contribution in [-0.4, -0.2) is 25.4 Å². The van der Waals surface area contributed by atoms with Gasteiger partial charge in [0.2, 0.25) is 5.95 Å². The van der Waals surface area contributed by atoms with Gasteiger partial charge in [0.1, 0.15) is 5.82 Å². The molecule has 0 aliphatic heterocycles. The quantitative estimate of drug-likeness (QED) is 0.576. The van der Waals surface area contributed by atoms with Crippen LogP contribution in [0.15, 0.2) is 66.9 Å². The highest BCUT2D eigenvalue weighted by atomic mass is 19.1. The Labute approximate surface area is 149 Å². The van der Waals surface area contributed by atoms with Gasteiger partial charge in [-0.1, -0.05) is 42.5 Å². The van der Waals surface area contributed by atoms with Gasteiger partial charge in [-0.05, 0) is 18.2 Å². The molecule has 2 aromatic carbocycles. The molecule has 0 aliphatic rings. The average Bonchev–Trinajstić information content (AvgIpc) is 3.17. The number of hydrogen-bond acceptors (Lipinski definition) is 5. The van der Waals surface area contributed by atoms with Crippen LogP contribution in [0.1, 0.15) is 5.69 Å². The van der Waals surface area contributed by atoms with E-state index in [1.54, 1.807) is 18.2 Å². The van der Waals surface area contributed by atoms with Crippen LogP contribution in [0.25, 0.3) is 22.5 Å². The highest BCUT2D eigenvalue weighted by Gasteiger charge is 2.09. The molecule has 0 fully saturated rings. The number of aromatic amines is 1. The van der Waals surface area contributed by atoms with Crippen LogP contribution in [-0.2, 0) is 6.54 Å². The largest absolute Gasteiger partial charge is 0.347 e. The molecule has 26 heavy (non-hydrogen) atoms. The molecule has 7 heteroatoms. The maximum atomic E-state index is 13.9. The average molecular weight is 346 g/mol. The lowest BCUT2D eigenvalue weighted by atomic mass is 10.1. The van der Waals surface area contributed by atoms with Crippen molar-refractivity contribution < 1.29 is 4.39 Å². The van der Waals surface area contributed by atoms with Gasteiger partial charge in [0, 0.05) is 11.1 Å². The molecule has 0 radical (unpaired) electrons. The third-order valence-corrected chi connectivity index (χ3v) is 3.85. The molecular weight excluding hydrogens is 331 g/mol. The molecule has 2 aromatic heterocycles. The van der Waals surface area contributed by atoms with Crippen molar-refractivity contribution in [2.24, 2.45) is 0 Å². The molecule has 2 N–H and O–H groups in total. The van der Waals surface area contributed by atoms with Crippen molar-refractivity contribution in [1.82, 2.24) is 25.4 Å². The lowest BCUT2D eigenvalue weighted by molar-refractivity contribution is 0.630. The van der Waals surface area contributed by atoms with Crippen LogP contribution in [0.4, 0.5) is 10.3 Å². The Hall–Kier alpha value is -3.61. The molecule has 0 amide bonds. The first-order valence-electron chi connectivity index (χ1n) is 8.08.